The van der Waals surface area contributed by atoms with Gasteiger partial charge in [0.05, 0.1) is 36.8 Å². The number of nitrogens with zero attached hydrogens (tertiary/aromatic N) is 4. The molecule has 190 valence electrons. The van der Waals surface area contributed by atoms with Crippen molar-refractivity contribution in [2.24, 2.45) is 0 Å². The lowest BCUT2D eigenvalue weighted by molar-refractivity contribution is 0.194. The molecule has 0 saturated carbocycles. The molecule has 0 saturated heterocycles. The van der Waals surface area contributed by atoms with Gasteiger partial charge in [0.15, 0.2) is 0 Å². The summed E-state index contributed by atoms with van der Waals surface area (Å²) in [5, 5.41) is 8.13. The van der Waals surface area contributed by atoms with Gasteiger partial charge in [0.25, 0.3) is 0 Å². The molecule has 0 spiro atoms. The Kier molecular flexibility index (Phi) is 6.17. The number of hydrogen-bond acceptors (Lipinski definition) is 3. The summed E-state index contributed by atoms with van der Waals surface area (Å²) in [6, 6.07) is 31.4. The van der Waals surface area contributed by atoms with Crippen molar-refractivity contribution in [3.8, 4) is 17.3 Å². The third kappa shape index (κ3) is 4.12. The summed E-state index contributed by atoms with van der Waals surface area (Å²) in [7, 11) is 1.62. The van der Waals surface area contributed by atoms with Crippen LogP contribution in [0.25, 0.3) is 11.5 Å². The first-order valence-corrected chi connectivity index (χ1v) is 12.8. The Balaban J connectivity index is 1.53. The summed E-state index contributed by atoms with van der Waals surface area (Å²) in [5.74, 6) is 1.65. The Morgan fingerprint density at radius 3 is 2.47 bits per heavy atom. The third-order valence-electron chi connectivity index (χ3n) is 7.00. The number of para-hydroxylation sites is 1. The number of carbonyl (C=O) groups is 1. The van der Waals surface area contributed by atoms with Crippen molar-refractivity contribution in [3.05, 3.63) is 126 Å². The molecule has 1 aliphatic rings. The molecule has 0 unspecified atom stereocenters. The van der Waals surface area contributed by atoms with E-state index >= 15 is 0 Å². The van der Waals surface area contributed by atoms with E-state index in [0.29, 0.717) is 18.0 Å². The highest BCUT2D eigenvalue weighted by molar-refractivity contribution is 5.90. The summed E-state index contributed by atoms with van der Waals surface area (Å²) in [6.45, 7) is 2.51. The average Bonchev–Trinajstić information content (AvgIpc) is 3.55. The summed E-state index contributed by atoms with van der Waals surface area (Å²) >= 11 is 0. The number of methoxy groups -OCH3 is 1. The lowest BCUT2D eigenvalue weighted by Gasteiger charge is -2.31. The van der Waals surface area contributed by atoms with Crippen molar-refractivity contribution in [1.29, 1.82) is 0 Å². The van der Waals surface area contributed by atoms with Crippen LogP contribution < -0.4 is 10.1 Å². The smallest absolute Gasteiger partial charge is 0.322 e. The molecule has 1 aliphatic heterocycles. The van der Waals surface area contributed by atoms with Crippen LogP contribution in [0.5, 0.6) is 5.75 Å². The summed E-state index contributed by atoms with van der Waals surface area (Å²) in [6.07, 6.45) is 2.81. The van der Waals surface area contributed by atoms with Gasteiger partial charge in [0.2, 0.25) is 0 Å². The lowest BCUT2D eigenvalue weighted by atomic mass is 10.0. The maximum atomic E-state index is 14.1. The fourth-order valence-corrected chi connectivity index (χ4v) is 5.23. The van der Waals surface area contributed by atoms with E-state index in [1.807, 2.05) is 76.3 Å². The zero-order valence-electron chi connectivity index (χ0n) is 21.4. The number of aromatic nitrogens is 3. The number of carbonyl (C=O) groups excluding carboxylic acids is 1. The molecule has 7 heteroatoms. The first kappa shape index (κ1) is 23.6. The summed E-state index contributed by atoms with van der Waals surface area (Å²) in [5.41, 5.74) is 5.70. The second-order valence-electron chi connectivity index (χ2n) is 9.26. The van der Waals surface area contributed by atoms with E-state index in [-0.39, 0.29) is 12.1 Å². The number of hydrogen-bond donors (Lipinski definition) is 1. The normalized spacial score (nSPS) is 14.4. The monoisotopic (exact) mass is 503 g/mol. The van der Waals surface area contributed by atoms with Crippen LogP contribution >= 0.6 is 0 Å². The number of rotatable bonds is 5. The van der Waals surface area contributed by atoms with Crippen molar-refractivity contribution in [2.45, 2.75) is 25.9 Å². The third-order valence-corrected chi connectivity index (χ3v) is 7.00. The van der Waals surface area contributed by atoms with Crippen LogP contribution in [-0.4, -0.2) is 32.4 Å². The van der Waals surface area contributed by atoms with Gasteiger partial charge in [-0.05, 0) is 48.4 Å². The molecule has 1 N–H and O–H groups in total. The van der Waals surface area contributed by atoms with Crippen molar-refractivity contribution in [2.75, 3.05) is 12.4 Å². The van der Waals surface area contributed by atoms with E-state index in [4.69, 9.17) is 9.84 Å². The standard InChI is InChI=1S/C31H29N5O2/c1-3-27-26-21-35(31(37)32-23-14-10-17-25(20-23)38-2)29(22-12-6-4-7-13-22)28-18-11-19-34(28)30(26)36(33-27)24-15-8-5-9-16-24/h4-20,29H,3,21H2,1-2H3,(H,32,37)/t29-/m1/s1. The van der Waals surface area contributed by atoms with Crippen LogP contribution in [0.3, 0.4) is 0 Å². The summed E-state index contributed by atoms with van der Waals surface area (Å²) in [4.78, 5) is 16.0. The molecule has 0 bridgehead atoms. The van der Waals surface area contributed by atoms with Crippen molar-refractivity contribution in [3.63, 3.8) is 0 Å². The van der Waals surface area contributed by atoms with Crippen molar-refractivity contribution < 1.29 is 9.53 Å². The van der Waals surface area contributed by atoms with Crippen LogP contribution in [0.15, 0.2) is 103 Å². The predicted octanol–water partition coefficient (Wildman–Crippen LogP) is 6.37. The Morgan fingerprint density at radius 2 is 1.74 bits per heavy atom. The minimum absolute atomic E-state index is 0.192. The molecule has 7 nitrogen and oxygen atoms in total. The molecule has 0 fully saturated rings. The van der Waals surface area contributed by atoms with Crippen LogP contribution in [0.2, 0.25) is 0 Å². The maximum Gasteiger partial charge on any atom is 0.322 e. The molecule has 38 heavy (non-hydrogen) atoms. The number of nitrogens with one attached hydrogen (secondary N) is 1. The Bertz CT molecular complexity index is 1570. The first-order chi connectivity index (χ1) is 18.7. The molecule has 2 aromatic heterocycles. The number of urea groups is 1. The number of anilines is 1. The topological polar surface area (TPSA) is 64.3 Å². The molecule has 2 amide bonds. The number of fused-ring (bicyclic) bond motifs is 3. The van der Waals surface area contributed by atoms with Gasteiger partial charge in [-0.2, -0.15) is 5.10 Å². The number of aryl methyl sites for hydroxylation is 1. The second-order valence-corrected chi connectivity index (χ2v) is 9.26. The SMILES string of the molecule is CCc1nn(-c2ccccc2)c2c1CN(C(=O)Nc1cccc(OC)c1)[C@H](c1ccccc1)c1cccn1-2. The molecule has 0 aliphatic carbocycles. The molecular formula is C31H29N5O2. The predicted molar refractivity (Wildman–Crippen MR) is 148 cm³/mol. The van der Waals surface area contributed by atoms with E-state index in [2.05, 4.69) is 53.3 Å². The minimum Gasteiger partial charge on any atom is -0.497 e. The van der Waals surface area contributed by atoms with Gasteiger partial charge in [0, 0.05) is 23.5 Å². The Morgan fingerprint density at radius 1 is 0.974 bits per heavy atom. The van der Waals surface area contributed by atoms with Gasteiger partial charge in [-0.25, -0.2) is 9.48 Å². The number of amides is 2. The van der Waals surface area contributed by atoms with Gasteiger partial charge in [-0.15, -0.1) is 0 Å². The molecule has 3 heterocycles. The van der Waals surface area contributed by atoms with E-state index in [1.165, 1.54) is 0 Å². The van der Waals surface area contributed by atoms with Gasteiger partial charge >= 0.3 is 6.03 Å². The number of ether oxygens (including phenoxy) is 1. The van der Waals surface area contributed by atoms with Crippen LogP contribution in [0.4, 0.5) is 10.5 Å². The molecule has 3 aromatic carbocycles. The van der Waals surface area contributed by atoms with E-state index in [1.54, 1.807) is 7.11 Å². The van der Waals surface area contributed by atoms with Gasteiger partial charge in [0.1, 0.15) is 11.6 Å². The van der Waals surface area contributed by atoms with Gasteiger partial charge < -0.3 is 19.5 Å². The average molecular weight is 504 g/mol. The zero-order chi connectivity index (χ0) is 26.1. The van der Waals surface area contributed by atoms with Crippen LogP contribution in [0.1, 0.15) is 35.5 Å². The van der Waals surface area contributed by atoms with Gasteiger partial charge in [-0.3, -0.25) is 0 Å². The molecule has 0 radical (unpaired) electrons. The largest absolute Gasteiger partial charge is 0.497 e. The van der Waals surface area contributed by atoms with Crippen molar-refractivity contribution in [1.82, 2.24) is 19.2 Å². The quantitative estimate of drug-likeness (QED) is 0.303. The zero-order valence-corrected chi connectivity index (χ0v) is 21.4. The van der Waals surface area contributed by atoms with Crippen molar-refractivity contribution >= 4 is 11.7 Å². The Hall–Kier alpha value is -4.78. The van der Waals surface area contributed by atoms with Crippen LogP contribution in [-0.2, 0) is 13.0 Å². The summed E-state index contributed by atoms with van der Waals surface area (Å²) < 4.78 is 9.56. The highest BCUT2D eigenvalue weighted by atomic mass is 16.5. The van der Waals surface area contributed by atoms with Crippen LogP contribution in [0, 0.1) is 0 Å². The molecular weight excluding hydrogens is 474 g/mol. The van der Waals surface area contributed by atoms with E-state index < -0.39 is 0 Å². The molecule has 1 atom stereocenters. The second kappa shape index (κ2) is 9.94. The maximum absolute atomic E-state index is 14.1. The van der Waals surface area contributed by atoms with Gasteiger partial charge in [-0.1, -0.05) is 61.5 Å². The highest BCUT2D eigenvalue weighted by Crippen LogP contribution is 2.39. The van der Waals surface area contributed by atoms with E-state index in [9.17, 15) is 4.79 Å². The molecule has 6 rings (SSSR count). The highest BCUT2D eigenvalue weighted by Gasteiger charge is 2.36. The first-order valence-electron chi connectivity index (χ1n) is 12.8. The Labute approximate surface area is 221 Å². The fourth-order valence-electron chi connectivity index (χ4n) is 5.23. The minimum atomic E-state index is -0.307. The van der Waals surface area contributed by atoms with E-state index in [0.717, 1.165) is 40.4 Å². The lowest BCUT2D eigenvalue weighted by Crippen LogP contribution is -2.38. The molecule has 5 aromatic rings. The fraction of sp³-hybridized carbons (Fsp3) is 0.161. The number of benzene rings is 3.